The van der Waals surface area contributed by atoms with E-state index in [1.165, 1.54) is 42.7 Å². The van der Waals surface area contributed by atoms with Gasteiger partial charge < -0.3 is 9.47 Å². The molecule has 1 fully saturated rings. The number of nitro benzene ring substituents is 1. The van der Waals surface area contributed by atoms with Gasteiger partial charge in [0.15, 0.2) is 0 Å². The van der Waals surface area contributed by atoms with E-state index < -0.39 is 22.1 Å². The van der Waals surface area contributed by atoms with Crippen molar-refractivity contribution in [3.8, 4) is 0 Å². The molecule has 2 aromatic carbocycles. The zero-order chi connectivity index (χ0) is 23.5. The van der Waals surface area contributed by atoms with Gasteiger partial charge in [0.05, 0.1) is 22.3 Å². The fourth-order valence-electron chi connectivity index (χ4n) is 3.93. The van der Waals surface area contributed by atoms with Crippen LogP contribution >= 0.6 is 0 Å². The van der Waals surface area contributed by atoms with Crippen molar-refractivity contribution in [1.29, 1.82) is 0 Å². The van der Waals surface area contributed by atoms with Gasteiger partial charge in [0.25, 0.3) is 11.6 Å². The average Bonchev–Trinajstić information content (AvgIpc) is 3.34. The highest BCUT2D eigenvalue weighted by Crippen LogP contribution is 2.28. The van der Waals surface area contributed by atoms with E-state index in [9.17, 15) is 24.1 Å². The topological polar surface area (TPSA) is 110 Å². The molecule has 0 radical (unpaired) electrons. The predicted molar refractivity (Wildman–Crippen MR) is 123 cm³/mol. The largest absolute Gasteiger partial charge is 0.369 e. The van der Waals surface area contributed by atoms with Gasteiger partial charge in [-0.2, -0.15) is 5.10 Å². The van der Waals surface area contributed by atoms with Crippen molar-refractivity contribution in [2.24, 2.45) is 5.10 Å². The predicted octanol–water partition coefficient (Wildman–Crippen LogP) is 3.43. The molecule has 170 valence electrons. The SMILES string of the molecule is CCn1cc(C(=O)N/N=C\c2ccc([N+](=O)[O-])cc2)c(=O)c2cc(F)c(N3CCCC3)cc21. The number of halogens is 1. The molecule has 0 saturated carbocycles. The van der Waals surface area contributed by atoms with Crippen LogP contribution in [0.15, 0.2) is 52.5 Å². The molecule has 10 heteroatoms. The second-order valence-electron chi connectivity index (χ2n) is 7.72. The molecule has 1 amide bonds. The number of hydrazone groups is 1. The van der Waals surface area contributed by atoms with E-state index >= 15 is 0 Å². The van der Waals surface area contributed by atoms with E-state index in [2.05, 4.69) is 10.5 Å². The maximum atomic E-state index is 14.8. The molecule has 0 bridgehead atoms. The van der Waals surface area contributed by atoms with Crippen LogP contribution in [0.3, 0.4) is 0 Å². The summed E-state index contributed by atoms with van der Waals surface area (Å²) < 4.78 is 16.6. The average molecular weight is 451 g/mol. The first-order chi connectivity index (χ1) is 15.9. The molecule has 9 nitrogen and oxygen atoms in total. The summed E-state index contributed by atoms with van der Waals surface area (Å²) in [6.07, 6.45) is 4.76. The Morgan fingerprint density at radius 2 is 1.94 bits per heavy atom. The third-order valence-electron chi connectivity index (χ3n) is 5.66. The Labute approximate surface area is 188 Å². The van der Waals surface area contributed by atoms with E-state index in [-0.39, 0.29) is 16.6 Å². The van der Waals surface area contributed by atoms with Gasteiger partial charge in [0.1, 0.15) is 11.4 Å². The number of carbonyl (C=O) groups excluding carboxylic acids is 1. The number of nitrogens with zero attached hydrogens (tertiary/aromatic N) is 4. The lowest BCUT2D eigenvalue weighted by Crippen LogP contribution is -2.27. The summed E-state index contributed by atoms with van der Waals surface area (Å²) in [6, 6.07) is 8.47. The van der Waals surface area contributed by atoms with Crippen LogP contribution < -0.4 is 15.8 Å². The van der Waals surface area contributed by atoms with E-state index in [1.54, 1.807) is 10.6 Å². The van der Waals surface area contributed by atoms with E-state index in [1.807, 2.05) is 11.8 Å². The first-order valence-electron chi connectivity index (χ1n) is 10.6. The van der Waals surface area contributed by atoms with Gasteiger partial charge in [-0.15, -0.1) is 0 Å². The summed E-state index contributed by atoms with van der Waals surface area (Å²) in [5.74, 6) is -1.22. The zero-order valence-corrected chi connectivity index (χ0v) is 18.0. The molecule has 1 aliphatic heterocycles. The third kappa shape index (κ3) is 4.45. The van der Waals surface area contributed by atoms with Crippen LogP contribution in [-0.2, 0) is 6.54 Å². The number of hydrogen-bond donors (Lipinski definition) is 1. The normalized spacial score (nSPS) is 13.7. The molecule has 1 saturated heterocycles. The molecule has 1 aromatic heterocycles. The quantitative estimate of drug-likeness (QED) is 0.351. The maximum absolute atomic E-state index is 14.8. The van der Waals surface area contributed by atoms with Crippen LogP contribution in [0.4, 0.5) is 15.8 Å². The van der Waals surface area contributed by atoms with Crippen molar-refractivity contribution in [2.75, 3.05) is 18.0 Å². The third-order valence-corrected chi connectivity index (χ3v) is 5.66. The first-order valence-corrected chi connectivity index (χ1v) is 10.6. The number of rotatable bonds is 6. The highest BCUT2D eigenvalue weighted by atomic mass is 19.1. The molecule has 4 rings (SSSR count). The van der Waals surface area contributed by atoms with Gasteiger partial charge in [-0.1, -0.05) is 0 Å². The van der Waals surface area contributed by atoms with Crippen molar-refractivity contribution in [3.63, 3.8) is 0 Å². The molecule has 0 unspecified atom stereocenters. The lowest BCUT2D eigenvalue weighted by molar-refractivity contribution is -0.384. The molecule has 0 aliphatic carbocycles. The summed E-state index contributed by atoms with van der Waals surface area (Å²) in [6.45, 7) is 3.89. The number of amides is 1. The number of non-ortho nitro benzene ring substituents is 1. The van der Waals surface area contributed by atoms with Gasteiger partial charge in [-0.3, -0.25) is 19.7 Å². The monoisotopic (exact) mass is 451 g/mol. The number of anilines is 1. The Hall–Kier alpha value is -4.08. The fraction of sp³-hybridized carbons (Fsp3) is 0.261. The Kier molecular flexibility index (Phi) is 6.16. The number of aromatic nitrogens is 1. The number of hydrogen-bond acceptors (Lipinski definition) is 6. The molecule has 1 aliphatic rings. The highest BCUT2D eigenvalue weighted by Gasteiger charge is 2.21. The summed E-state index contributed by atoms with van der Waals surface area (Å²) in [5, 5.41) is 14.7. The number of fused-ring (bicyclic) bond motifs is 1. The van der Waals surface area contributed by atoms with Crippen LogP contribution in [0.25, 0.3) is 10.9 Å². The van der Waals surface area contributed by atoms with E-state index in [4.69, 9.17) is 0 Å². The minimum Gasteiger partial charge on any atom is -0.369 e. The molecule has 1 N–H and O–H groups in total. The Morgan fingerprint density at radius 1 is 1.24 bits per heavy atom. The van der Waals surface area contributed by atoms with E-state index in [0.29, 0.717) is 23.3 Å². The van der Waals surface area contributed by atoms with Crippen LogP contribution in [0.5, 0.6) is 0 Å². The fourth-order valence-corrected chi connectivity index (χ4v) is 3.93. The minimum absolute atomic E-state index is 0.0624. The molecule has 0 spiro atoms. The van der Waals surface area contributed by atoms with Gasteiger partial charge >= 0.3 is 0 Å². The minimum atomic E-state index is -0.730. The number of carbonyl (C=O) groups is 1. The van der Waals surface area contributed by atoms with Crippen molar-refractivity contribution in [2.45, 2.75) is 26.3 Å². The summed E-state index contributed by atoms with van der Waals surface area (Å²) in [7, 11) is 0. The second-order valence-corrected chi connectivity index (χ2v) is 7.72. The van der Waals surface area contributed by atoms with Crippen molar-refractivity contribution >= 4 is 34.4 Å². The number of pyridine rings is 1. The van der Waals surface area contributed by atoms with E-state index in [0.717, 1.165) is 25.9 Å². The standard InChI is InChI=1S/C23H22FN5O4/c1-2-27-14-18(23(31)26-25-13-15-5-7-16(8-6-15)29(32)33)22(30)17-11-19(24)21(12-20(17)27)28-9-3-4-10-28/h5-8,11-14H,2-4,9-10H2,1H3,(H,26,31)/b25-13-. The van der Waals surface area contributed by atoms with Gasteiger partial charge in [-0.25, -0.2) is 9.82 Å². The Balaban J connectivity index is 1.62. The van der Waals surface area contributed by atoms with Gasteiger partial charge in [0, 0.05) is 43.4 Å². The second kappa shape index (κ2) is 9.19. The number of benzene rings is 2. The van der Waals surface area contributed by atoms with Gasteiger partial charge in [-0.05, 0) is 49.6 Å². The van der Waals surface area contributed by atoms with Crippen LogP contribution in [0.1, 0.15) is 35.7 Å². The van der Waals surface area contributed by atoms with Crippen LogP contribution in [0.2, 0.25) is 0 Å². The highest BCUT2D eigenvalue weighted by molar-refractivity contribution is 5.98. The first kappa shape index (κ1) is 22.1. The van der Waals surface area contributed by atoms with Crippen LogP contribution in [0, 0.1) is 15.9 Å². The van der Waals surface area contributed by atoms with Crippen molar-refractivity contribution < 1.29 is 14.1 Å². The summed E-state index contributed by atoms with van der Waals surface area (Å²) >= 11 is 0. The maximum Gasteiger partial charge on any atom is 0.276 e. The zero-order valence-electron chi connectivity index (χ0n) is 18.0. The van der Waals surface area contributed by atoms with Crippen molar-refractivity contribution in [1.82, 2.24) is 9.99 Å². The lowest BCUT2D eigenvalue weighted by Gasteiger charge is -2.20. The Bertz CT molecular complexity index is 1310. The molecule has 0 atom stereocenters. The van der Waals surface area contributed by atoms with Gasteiger partial charge in [0.2, 0.25) is 5.43 Å². The molecule has 2 heterocycles. The number of nitrogens with one attached hydrogen (secondary N) is 1. The number of aryl methyl sites for hydroxylation is 1. The molecule has 33 heavy (non-hydrogen) atoms. The lowest BCUT2D eigenvalue weighted by atomic mass is 10.1. The Morgan fingerprint density at radius 3 is 2.58 bits per heavy atom. The van der Waals surface area contributed by atoms with Crippen LogP contribution in [-0.4, -0.2) is 34.7 Å². The molecular weight excluding hydrogens is 429 g/mol. The number of nitro groups is 1. The molecule has 3 aromatic rings. The summed E-state index contributed by atoms with van der Waals surface area (Å²) in [4.78, 5) is 37.8. The smallest absolute Gasteiger partial charge is 0.276 e. The van der Waals surface area contributed by atoms with Crippen molar-refractivity contribution in [3.05, 3.63) is 79.9 Å². The summed E-state index contributed by atoms with van der Waals surface area (Å²) in [5.41, 5.74) is 3.06. The molecular formula is C23H22FN5O4.